The quantitative estimate of drug-likeness (QED) is 0.871. The van der Waals surface area contributed by atoms with Crippen molar-refractivity contribution in [3.05, 3.63) is 59.9 Å². The van der Waals surface area contributed by atoms with E-state index >= 15 is 0 Å². The van der Waals surface area contributed by atoms with Gasteiger partial charge >= 0.3 is 0 Å². The molecule has 94 valence electrons. The molecule has 1 atom stereocenters. The molecule has 2 aromatic carbocycles. The second-order valence-corrected chi connectivity index (χ2v) is 3.91. The number of hydrogen-bond donors (Lipinski definition) is 2. The summed E-state index contributed by atoms with van der Waals surface area (Å²) < 4.78 is 19.4. The van der Waals surface area contributed by atoms with Crippen LogP contribution in [0.4, 0.5) is 4.39 Å². The zero-order valence-electron chi connectivity index (χ0n) is 9.84. The largest absolute Gasteiger partial charge is 0.457 e. The summed E-state index contributed by atoms with van der Waals surface area (Å²) in [7, 11) is 0. The van der Waals surface area contributed by atoms with Gasteiger partial charge in [-0.15, -0.1) is 0 Å². The molecule has 2 rings (SSSR count). The molecule has 0 saturated heterocycles. The molecular formula is C14H15FN2O. The molecule has 1 unspecified atom stereocenters. The van der Waals surface area contributed by atoms with E-state index in [-0.39, 0.29) is 6.54 Å². The van der Waals surface area contributed by atoms with Gasteiger partial charge in [0.05, 0.1) is 0 Å². The van der Waals surface area contributed by atoms with Gasteiger partial charge in [0, 0.05) is 18.2 Å². The number of halogens is 1. The molecule has 4 N–H and O–H groups in total. The Balaban J connectivity index is 2.36. The fourth-order valence-corrected chi connectivity index (χ4v) is 1.70. The maximum Gasteiger partial charge on any atom is 0.135 e. The molecule has 0 aliphatic heterocycles. The molecule has 18 heavy (non-hydrogen) atoms. The van der Waals surface area contributed by atoms with Crippen molar-refractivity contribution in [1.29, 1.82) is 0 Å². The van der Waals surface area contributed by atoms with Crippen molar-refractivity contribution in [2.24, 2.45) is 11.5 Å². The molecule has 2 aromatic rings. The highest BCUT2D eigenvalue weighted by Crippen LogP contribution is 2.30. The predicted molar refractivity (Wildman–Crippen MR) is 68.9 cm³/mol. The number of hydrogen-bond acceptors (Lipinski definition) is 3. The SMILES string of the molecule is NCC(N)c1c(F)cccc1Oc1ccccc1. The van der Waals surface area contributed by atoms with Crippen LogP contribution in [0.1, 0.15) is 11.6 Å². The van der Waals surface area contributed by atoms with E-state index in [2.05, 4.69) is 0 Å². The molecule has 4 heteroatoms. The molecule has 0 aromatic heterocycles. The van der Waals surface area contributed by atoms with Crippen LogP contribution in [0.3, 0.4) is 0 Å². The van der Waals surface area contributed by atoms with Crippen LogP contribution in [0, 0.1) is 5.82 Å². The van der Waals surface area contributed by atoms with E-state index in [0.29, 0.717) is 17.1 Å². The number of ether oxygens (including phenoxy) is 1. The van der Waals surface area contributed by atoms with Gasteiger partial charge in [-0.25, -0.2) is 4.39 Å². The third-order valence-electron chi connectivity index (χ3n) is 2.61. The number of rotatable bonds is 4. The first-order valence-electron chi connectivity index (χ1n) is 5.69. The van der Waals surface area contributed by atoms with Gasteiger partial charge in [-0.05, 0) is 24.3 Å². The maximum atomic E-state index is 13.8. The van der Waals surface area contributed by atoms with E-state index in [1.807, 2.05) is 18.2 Å². The Morgan fingerprint density at radius 1 is 1.06 bits per heavy atom. The summed E-state index contributed by atoms with van der Waals surface area (Å²) in [5, 5.41) is 0. The topological polar surface area (TPSA) is 61.3 Å². The van der Waals surface area contributed by atoms with Crippen molar-refractivity contribution in [1.82, 2.24) is 0 Å². The average Bonchev–Trinajstić information content (AvgIpc) is 2.39. The molecule has 0 saturated carbocycles. The number of nitrogens with two attached hydrogens (primary N) is 2. The highest BCUT2D eigenvalue weighted by Gasteiger charge is 2.16. The minimum atomic E-state index is -0.579. The Bertz CT molecular complexity index is 516. The maximum absolute atomic E-state index is 13.8. The van der Waals surface area contributed by atoms with E-state index in [4.69, 9.17) is 16.2 Å². The predicted octanol–water partition coefficient (Wildman–Crippen LogP) is 2.58. The van der Waals surface area contributed by atoms with Gasteiger partial charge in [-0.1, -0.05) is 24.3 Å². The van der Waals surface area contributed by atoms with Gasteiger partial charge in [-0.2, -0.15) is 0 Å². The molecule has 0 bridgehead atoms. The molecule has 0 aliphatic rings. The molecular weight excluding hydrogens is 231 g/mol. The second-order valence-electron chi connectivity index (χ2n) is 3.91. The molecule has 0 amide bonds. The summed E-state index contributed by atoms with van der Waals surface area (Å²) in [5.74, 6) is 0.633. The smallest absolute Gasteiger partial charge is 0.135 e. The van der Waals surface area contributed by atoms with Crippen molar-refractivity contribution in [2.45, 2.75) is 6.04 Å². The van der Waals surface area contributed by atoms with Crippen molar-refractivity contribution >= 4 is 0 Å². The first-order valence-corrected chi connectivity index (χ1v) is 5.69. The zero-order chi connectivity index (χ0) is 13.0. The lowest BCUT2D eigenvalue weighted by Crippen LogP contribution is -2.22. The van der Waals surface area contributed by atoms with Gasteiger partial charge in [0.2, 0.25) is 0 Å². The lowest BCUT2D eigenvalue weighted by molar-refractivity contribution is 0.458. The van der Waals surface area contributed by atoms with Gasteiger partial charge in [0.25, 0.3) is 0 Å². The molecule has 0 radical (unpaired) electrons. The van der Waals surface area contributed by atoms with Gasteiger partial charge < -0.3 is 16.2 Å². The fourth-order valence-electron chi connectivity index (χ4n) is 1.70. The monoisotopic (exact) mass is 246 g/mol. The summed E-state index contributed by atoms with van der Waals surface area (Å²) in [4.78, 5) is 0. The third kappa shape index (κ3) is 2.67. The van der Waals surface area contributed by atoms with Crippen LogP contribution in [-0.2, 0) is 0 Å². The van der Waals surface area contributed by atoms with Crippen LogP contribution in [-0.4, -0.2) is 6.54 Å². The Hall–Kier alpha value is -1.91. The summed E-state index contributed by atoms with van der Waals surface area (Å²) >= 11 is 0. The van der Waals surface area contributed by atoms with Crippen LogP contribution in [0.15, 0.2) is 48.5 Å². The normalized spacial score (nSPS) is 12.2. The lowest BCUT2D eigenvalue weighted by Gasteiger charge is -2.16. The Morgan fingerprint density at radius 3 is 2.44 bits per heavy atom. The molecule has 0 fully saturated rings. The highest BCUT2D eigenvalue weighted by atomic mass is 19.1. The minimum absolute atomic E-state index is 0.159. The van der Waals surface area contributed by atoms with Crippen LogP contribution in [0.25, 0.3) is 0 Å². The third-order valence-corrected chi connectivity index (χ3v) is 2.61. The Labute approximate surface area is 105 Å². The number of benzene rings is 2. The summed E-state index contributed by atoms with van der Waals surface area (Å²) in [6.07, 6.45) is 0. The van der Waals surface area contributed by atoms with Crippen LogP contribution < -0.4 is 16.2 Å². The van der Waals surface area contributed by atoms with Gasteiger partial charge in [0.1, 0.15) is 17.3 Å². The first kappa shape index (κ1) is 12.5. The standard InChI is InChI=1S/C14H15FN2O/c15-11-7-4-8-13(14(11)12(17)9-16)18-10-5-2-1-3-6-10/h1-8,12H,9,16-17H2. The molecule has 0 aliphatic carbocycles. The molecule has 0 spiro atoms. The Kier molecular flexibility index (Phi) is 3.92. The van der Waals surface area contributed by atoms with Gasteiger partial charge in [-0.3, -0.25) is 0 Å². The molecule has 3 nitrogen and oxygen atoms in total. The first-order chi connectivity index (χ1) is 8.72. The highest BCUT2D eigenvalue weighted by molar-refractivity contribution is 5.40. The summed E-state index contributed by atoms with van der Waals surface area (Å²) in [6.45, 7) is 0.159. The van der Waals surface area contributed by atoms with Crippen molar-refractivity contribution in [2.75, 3.05) is 6.54 Å². The van der Waals surface area contributed by atoms with E-state index in [1.165, 1.54) is 6.07 Å². The van der Waals surface area contributed by atoms with E-state index < -0.39 is 11.9 Å². The lowest BCUT2D eigenvalue weighted by atomic mass is 10.1. The van der Waals surface area contributed by atoms with Crippen LogP contribution in [0.2, 0.25) is 0 Å². The van der Waals surface area contributed by atoms with E-state index in [1.54, 1.807) is 24.3 Å². The van der Waals surface area contributed by atoms with Crippen molar-refractivity contribution in [3.63, 3.8) is 0 Å². The van der Waals surface area contributed by atoms with Crippen LogP contribution in [0.5, 0.6) is 11.5 Å². The van der Waals surface area contributed by atoms with Crippen LogP contribution >= 0.6 is 0 Å². The molecule has 0 heterocycles. The second kappa shape index (κ2) is 5.62. The van der Waals surface area contributed by atoms with E-state index in [9.17, 15) is 4.39 Å². The van der Waals surface area contributed by atoms with Crippen molar-refractivity contribution < 1.29 is 9.13 Å². The Morgan fingerprint density at radius 2 is 1.78 bits per heavy atom. The minimum Gasteiger partial charge on any atom is -0.457 e. The zero-order valence-corrected chi connectivity index (χ0v) is 9.84. The average molecular weight is 246 g/mol. The van der Waals surface area contributed by atoms with E-state index in [0.717, 1.165) is 0 Å². The number of para-hydroxylation sites is 1. The fraction of sp³-hybridized carbons (Fsp3) is 0.143. The van der Waals surface area contributed by atoms with Crippen molar-refractivity contribution in [3.8, 4) is 11.5 Å². The van der Waals surface area contributed by atoms with Gasteiger partial charge in [0.15, 0.2) is 0 Å². The summed E-state index contributed by atoms with van der Waals surface area (Å²) in [6, 6.07) is 13.2. The summed E-state index contributed by atoms with van der Waals surface area (Å²) in [5.41, 5.74) is 11.6.